The van der Waals surface area contributed by atoms with Gasteiger partial charge in [-0.05, 0) is 135 Å². The van der Waals surface area contributed by atoms with E-state index in [1.54, 1.807) is 89.6 Å². The molecule has 0 heterocycles. The molecule has 8 bridgehead atoms. The summed E-state index contributed by atoms with van der Waals surface area (Å²) < 4.78 is 0. The Morgan fingerprint density at radius 2 is 0.923 bits per heavy atom. The Morgan fingerprint density at radius 1 is 0.577 bits per heavy atom. The molecule has 0 radical (unpaired) electrons. The van der Waals surface area contributed by atoms with Crippen molar-refractivity contribution in [2.24, 2.45) is 35.5 Å². The van der Waals surface area contributed by atoms with Gasteiger partial charge in [-0.25, -0.2) is 0 Å². The third-order valence-corrected chi connectivity index (χ3v) is 14.3. The van der Waals surface area contributed by atoms with Crippen molar-refractivity contribution in [2.75, 3.05) is 6.16 Å². The maximum absolute atomic E-state index is 2.41. The molecule has 0 N–H and O–H groups in total. The normalized spacial score (nSPS) is 54.8. The van der Waals surface area contributed by atoms with Gasteiger partial charge in [-0.3, -0.25) is 0 Å². The predicted molar refractivity (Wildman–Crippen MR) is 113 cm³/mol. The molecule has 8 fully saturated rings. The summed E-state index contributed by atoms with van der Waals surface area (Å²) in [5.74, 6) is 6.95. The van der Waals surface area contributed by atoms with Crippen molar-refractivity contribution in [2.45, 2.75) is 114 Å². The van der Waals surface area contributed by atoms with Gasteiger partial charge in [0.2, 0.25) is 0 Å². The quantitative estimate of drug-likeness (QED) is 0.333. The standard InChI is InChI=1S/C25H41P/c1-2-3-4-5-26(24-12-18-6-19(13-24)8-20(7-18)14-24)25-15-21-9-22(16-25)11-23(10-21)17-25/h18-23H,2-17H2,1H3/t18-,19+,20?,21-,22+,23?,24?,25?,26?. The zero-order valence-corrected chi connectivity index (χ0v) is 18.1. The zero-order valence-electron chi connectivity index (χ0n) is 17.2. The molecule has 0 aromatic rings. The monoisotopic (exact) mass is 372 g/mol. The second-order valence-electron chi connectivity index (χ2n) is 12.1. The fourth-order valence-electron chi connectivity index (χ4n) is 10.3. The molecule has 0 saturated heterocycles. The Balaban J connectivity index is 1.35. The molecule has 0 aromatic heterocycles. The Hall–Kier alpha value is 0.430. The topological polar surface area (TPSA) is 0 Å². The maximum Gasteiger partial charge on any atom is -0.00815 e. The van der Waals surface area contributed by atoms with Gasteiger partial charge in [0.25, 0.3) is 0 Å². The molecule has 8 saturated carbocycles. The van der Waals surface area contributed by atoms with Crippen LogP contribution in [-0.4, -0.2) is 16.5 Å². The van der Waals surface area contributed by atoms with E-state index in [2.05, 4.69) is 6.92 Å². The molecule has 0 atom stereocenters. The Morgan fingerprint density at radius 3 is 1.23 bits per heavy atom. The summed E-state index contributed by atoms with van der Waals surface area (Å²) in [7, 11) is 0.280. The number of hydrogen-bond acceptors (Lipinski definition) is 0. The molecule has 0 amide bonds. The second-order valence-corrected chi connectivity index (χ2v) is 15.3. The van der Waals surface area contributed by atoms with Gasteiger partial charge in [0, 0.05) is 0 Å². The number of rotatable bonds is 6. The van der Waals surface area contributed by atoms with Crippen molar-refractivity contribution >= 4 is 7.92 Å². The summed E-state index contributed by atoms with van der Waals surface area (Å²) in [6, 6.07) is 0. The van der Waals surface area contributed by atoms with Gasteiger partial charge in [0.05, 0.1) is 0 Å². The van der Waals surface area contributed by atoms with Crippen LogP contribution in [0.2, 0.25) is 0 Å². The molecule has 0 nitrogen and oxygen atoms in total. The average Bonchev–Trinajstić information content (AvgIpc) is 2.56. The van der Waals surface area contributed by atoms with E-state index in [-0.39, 0.29) is 7.92 Å². The van der Waals surface area contributed by atoms with Crippen LogP contribution in [0.3, 0.4) is 0 Å². The van der Waals surface area contributed by atoms with E-state index < -0.39 is 0 Å². The summed E-state index contributed by atoms with van der Waals surface area (Å²) in [6.07, 6.45) is 26.2. The minimum Gasteiger partial charge on any atom is -0.0939 e. The first-order chi connectivity index (χ1) is 12.7. The maximum atomic E-state index is 2.41. The van der Waals surface area contributed by atoms with Crippen LogP contribution in [0.15, 0.2) is 0 Å². The van der Waals surface area contributed by atoms with Gasteiger partial charge in [-0.1, -0.05) is 27.7 Å². The first kappa shape index (κ1) is 17.3. The van der Waals surface area contributed by atoms with Crippen molar-refractivity contribution in [1.29, 1.82) is 0 Å². The summed E-state index contributed by atoms with van der Waals surface area (Å²) in [6.45, 7) is 2.41. The molecule has 26 heavy (non-hydrogen) atoms. The van der Waals surface area contributed by atoms with Gasteiger partial charge in [0.15, 0.2) is 0 Å². The molecule has 8 aliphatic carbocycles. The lowest BCUT2D eigenvalue weighted by atomic mass is 9.55. The molecule has 0 unspecified atom stereocenters. The van der Waals surface area contributed by atoms with Crippen molar-refractivity contribution in [1.82, 2.24) is 0 Å². The first-order valence-electron chi connectivity index (χ1n) is 12.4. The largest absolute Gasteiger partial charge is 0.0939 e. The Kier molecular flexibility index (Phi) is 4.13. The highest BCUT2D eigenvalue weighted by Crippen LogP contribution is 2.78. The second kappa shape index (κ2) is 6.21. The summed E-state index contributed by atoms with van der Waals surface area (Å²) in [5.41, 5.74) is 0. The van der Waals surface area contributed by atoms with E-state index >= 15 is 0 Å². The molecule has 0 aliphatic heterocycles. The fourth-order valence-corrected chi connectivity index (χ4v) is 15.7. The lowest BCUT2D eigenvalue weighted by Gasteiger charge is -2.67. The number of hydrogen-bond donors (Lipinski definition) is 0. The minimum atomic E-state index is 0.280. The van der Waals surface area contributed by atoms with Crippen molar-refractivity contribution < 1.29 is 0 Å². The van der Waals surface area contributed by atoms with Gasteiger partial charge in [-0.2, -0.15) is 0 Å². The van der Waals surface area contributed by atoms with Gasteiger partial charge in [0.1, 0.15) is 0 Å². The smallest absolute Gasteiger partial charge is 0.00815 e. The average molecular weight is 373 g/mol. The predicted octanol–water partition coefficient (Wildman–Crippen LogP) is 7.60. The Labute approximate surface area is 163 Å². The van der Waals surface area contributed by atoms with E-state index in [1.165, 1.54) is 12.8 Å². The lowest BCUT2D eigenvalue weighted by molar-refractivity contribution is 0.0185. The third-order valence-electron chi connectivity index (χ3n) is 10.1. The summed E-state index contributed by atoms with van der Waals surface area (Å²) in [4.78, 5) is 0. The molecular formula is C25H41P. The lowest BCUT2D eigenvalue weighted by Crippen LogP contribution is -2.56. The molecule has 0 aromatic carbocycles. The molecule has 8 aliphatic rings. The molecule has 0 spiro atoms. The van der Waals surface area contributed by atoms with E-state index in [4.69, 9.17) is 0 Å². The number of unbranched alkanes of at least 4 members (excludes halogenated alkanes) is 2. The molecular weight excluding hydrogens is 331 g/mol. The van der Waals surface area contributed by atoms with Crippen LogP contribution in [0, 0.1) is 35.5 Å². The van der Waals surface area contributed by atoms with Crippen LogP contribution in [-0.2, 0) is 0 Å². The summed E-state index contributed by atoms with van der Waals surface area (Å²) >= 11 is 0. The van der Waals surface area contributed by atoms with Crippen LogP contribution < -0.4 is 0 Å². The fraction of sp³-hybridized carbons (Fsp3) is 1.00. The molecule has 8 rings (SSSR count). The SMILES string of the molecule is CCCCCP(C12CC3C[C@H](C1)C[C@@H](C3)C2)C12CC3C[C@H](C1)C[C@@H](C3)C2. The van der Waals surface area contributed by atoms with Crippen LogP contribution >= 0.6 is 7.92 Å². The van der Waals surface area contributed by atoms with Crippen LogP contribution in [0.1, 0.15) is 103 Å². The minimum absolute atomic E-state index is 0.280. The van der Waals surface area contributed by atoms with E-state index in [1.807, 2.05) is 0 Å². The van der Waals surface area contributed by atoms with E-state index in [9.17, 15) is 0 Å². The van der Waals surface area contributed by atoms with Crippen molar-refractivity contribution in [3.05, 3.63) is 0 Å². The van der Waals surface area contributed by atoms with Crippen LogP contribution in [0.4, 0.5) is 0 Å². The van der Waals surface area contributed by atoms with E-state index in [0.717, 1.165) is 45.8 Å². The molecule has 146 valence electrons. The van der Waals surface area contributed by atoms with Gasteiger partial charge in [-0.15, -0.1) is 0 Å². The zero-order chi connectivity index (χ0) is 17.4. The van der Waals surface area contributed by atoms with E-state index in [0.29, 0.717) is 0 Å². The third kappa shape index (κ3) is 2.63. The highest BCUT2D eigenvalue weighted by atomic mass is 31.1. The molecule has 1 heteroatoms. The highest BCUT2D eigenvalue weighted by molar-refractivity contribution is 7.61. The highest BCUT2D eigenvalue weighted by Gasteiger charge is 2.62. The van der Waals surface area contributed by atoms with Crippen molar-refractivity contribution in [3.8, 4) is 0 Å². The van der Waals surface area contributed by atoms with Crippen LogP contribution in [0.25, 0.3) is 0 Å². The first-order valence-corrected chi connectivity index (χ1v) is 14.0. The van der Waals surface area contributed by atoms with Crippen molar-refractivity contribution in [3.63, 3.8) is 0 Å². The summed E-state index contributed by atoms with van der Waals surface area (Å²) in [5, 5.41) is 1.76. The van der Waals surface area contributed by atoms with Gasteiger partial charge >= 0.3 is 0 Å². The Bertz CT molecular complexity index is 434. The van der Waals surface area contributed by atoms with Crippen LogP contribution in [0.5, 0.6) is 0 Å². The van der Waals surface area contributed by atoms with Gasteiger partial charge < -0.3 is 0 Å².